The Hall–Kier alpha value is -2.21. The molecule has 27 heavy (non-hydrogen) atoms. The molecule has 6 heteroatoms. The Labute approximate surface area is 160 Å². The van der Waals surface area contributed by atoms with Crippen molar-refractivity contribution in [2.45, 2.75) is 26.2 Å². The van der Waals surface area contributed by atoms with E-state index in [1.54, 1.807) is 0 Å². The second-order valence-corrected chi connectivity index (χ2v) is 7.83. The minimum Gasteiger partial charge on any atom is -0.381 e. The van der Waals surface area contributed by atoms with E-state index in [0.717, 1.165) is 68.0 Å². The Morgan fingerprint density at radius 1 is 1.19 bits per heavy atom. The van der Waals surface area contributed by atoms with E-state index in [9.17, 15) is 4.79 Å². The third-order valence-corrected chi connectivity index (χ3v) is 5.82. The summed E-state index contributed by atoms with van der Waals surface area (Å²) in [4.78, 5) is 26.3. The van der Waals surface area contributed by atoms with Crippen molar-refractivity contribution in [3.63, 3.8) is 0 Å². The number of hydrogen-bond acceptors (Lipinski definition) is 5. The van der Waals surface area contributed by atoms with E-state index in [2.05, 4.69) is 4.90 Å². The summed E-state index contributed by atoms with van der Waals surface area (Å²) in [6, 6.07) is 8.03. The topological polar surface area (TPSA) is 58.6 Å². The van der Waals surface area contributed by atoms with Gasteiger partial charge in [-0.2, -0.15) is 0 Å². The van der Waals surface area contributed by atoms with E-state index >= 15 is 0 Å². The number of aryl methyl sites for hydroxylation is 1. The van der Waals surface area contributed by atoms with Gasteiger partial charge in [0.1, 0.15) is 0 Å². The van der Waals surface area contributed by atoms with Crippen LogP contribution in [0.15, 0.2) is 24.3 Å². The summed E-state index contributed by atoms with van der Waals surface area (Å²) in [7, 11) is 1.94. The Balaban J connectivity index is 1.36. The number of benzene rings is 1. The predicted octanol–water partition coefficient (Wildman–Crippen LogP) is 2.65. The highest BCUT2D eigenvalue weighted by molar-refractivity contribution is 5.79. The molecule has 2 saturated heterocycles. The summed E-state index contributed by atoms with van der Waals surface area (Å²) in [5.41, 5.74) is 2.88. The molecule has 1 atom stereocenters. The van der Waals surface area contributed by atoms with Gasteiger partial charge in [-0.25, -0.2) is 9.97 Å². The first kappa shape index (κ1) is 18.2. The van der Waals surface area contributed by atoms with Gasteiger partial charge in [-0.05, 0) is 44.2 Å². The quantitative estimate of drug-likeness (QED) is 0.830. The van der Waals surface area contributed by atoms with Crippen LogP contribution in [-0.4, -0.2) is 60.7 Å². The summed E-state index contributed by atoms with van der Waals surface area (Å²) in [5.74, 6) is 1.85. The molecule has 1 unspecified atom stereocenters. The lowest BCUT2D eigenvalue weighted by Gasteiger charge is -2.35. The fourth-order valence-electron chi connectivity index (χ4n) is 4.22. The molecule has 0 bridgehead atoms. The van der Waals surface area contributed by atoms with Crippen LogP contribution >= 0.6 is 0 Å². The van der Waals surface area contributed by atoms with Crippen molar-refractivity contribution in [3.05, 3.63) is 30.0 Å². The number of anilines is 1. The SMILES string of the molecule is Cc1nc2ccccc2nc1N1CCC(CN(C)C(=O)C2CCOC2)CC1. The number of nitrogens with zero attached hydrogens (tertiary/aromatic N) is 4. The predicted molar refractivity (Wildman–Crippen MR) is 106 cm³/mol. The molecule has 0 aliphatic carbocycles. The molecule has 0 N–H and O–H groups in total. The number of amides is 1. The third-order valence-electron chi connectivity index (χ3n) is 5.82. The molecule has 0 radical (unpaired) electrons. The van der Waals surface area contributed by atoms with Gasteiger partial charge in [0.2, 0.25) is 5.91 Å². The fraction of sp³-hybridized carbons (Fsp3) is 0.571. The molecule has 6 nitrogen and oxygen atoms in total. The van der Waals surface area contributed by atoms with E-state index in [-0.39, 0.29) is 11.8 Å². The lowest BCUT2D eigenvalue weighted by atomic mass is 9.95. The highest BCUT2D eigenvalue weighted by atomic mass is 16.5. The smallest absolute Gasteiger partial charge is 0.227 e. The highest BCUT2D eigenvalue weighted by Gasteiger charge is 2.29. The van der Waals surface area contributed by atoms with E-state index in [1.807, 2.05) is 43.1 Å². The van der Waals surface area contributed by atoms with Crippen molar-refractivity contribution < 1.29 is 9.53 Å². The number of carbonyl (C=O) groups excluding carboxylic acids is 1. The van der Waals surface area contributed by atoms with Gasteiger partial charge in [0.05, 0.1) is 29.3 Å². The Bertz CT molecular complexity index is 811. The van der Waals surface area contributed by atoms with Gasteiger partial charge in [-0.1, -0.05) is 12.1 Å². The van der Waals surface area contributed by atoms with E-state index in [1.165, 1.54) is 0 Å². The molecule has 4 rings (SSSR count). The second-order valence-electron chi connectivity index (χ2n) is 7.83. The largest absolute Gasteiger partial charge is 0.381 e. The van der Waals surface area contributed by atoms with Crippen molar-refractivity contribution in [3.8, 4) is 0 Å². The average molecular weight is 368 g/mol. The lowest BCUT2D eigenvalue weighted by molar-refractivity contribution is -0.134. The van der Waals surface area contributed by atoms with Crippen molar-refractivity contribution in [2.24, 2.45) is 11.8 Å². The Morgan fingerprint density at radius 2 is 1.89 bits per heavy atom. The maximum atomic E-state index is 12.5. The van der Waals surface area contributed by atoms with Crippen LogP contribution in [0.2, 0.25) is 0 Å². The standard InChI is InChI=1S/C21H28N4O2/c1-15-20(23-19-6-4-3-5-18(19)22-15)25-10-7-16(8-11-25)13-24(2)21(26)17-9-12-27-14-17/h3-6,16-17H,7-14H2,1-2H3. The lowest BCUT2D eigenvalue weighted by Crippen LogP contribution is -2.41. The number of rotatable bonds is 4. The van der Waals surface area contributed by atoms with Gasteiger partial charge in [-0.3, -0.25) is 4.79 Å². The molecule has 1 aromatic heterocycles. The molecule has 144 valence electrons. The maximum absolute atomic E-state index is 12.5. The average Bonchev–Trinajstić information content (AvgIpc) is 3.22. The Morgan fingerprint density at radius 3 is 2.56 bits per heavy atom. The summed E-state index contributed by atoms with van der Waals surface area (Å²) >= 11 is 0. The minimum atomic E-state index is 0.0608. The number of piperidine rings is 1. The molecule has 3 heterocycles. The molecule has 2 aliphatic heterocycles. The number of fused-ring (bicyclic) bond motifs is 1. The molecule has 0 saturated carbocycles. The van der Waals surface area contributed by atoms with Crippen molar-refractivity contribution in [1.29, 1.82) is 0 Å². The number of carbonyl (C=O) groups is 1. The van der Waals surface area contributed by atoms with E-state index < -0.39 is 0 Å². The van der Waals surface area contributed by atoms with Gasteiger partial charge in [0.25, 0.3) is 0 Å². The van der Waals surface area contributed by atoms with Gasteiger partial charge in [0.15, 0.2) is 5.82 Å². The number of aromatic nitrogens is 2. The molecule has 1 aromatic carbocycles. The van der Waals surface area contributed by atoms with E-state index in [4.69, 9.17) is 14.7 Å². The normalized spacial score (nSPS) is 21.0. The minimum absolute atomic E-state index is 0.0608. The first-order chi connectivity index (χ1) is 13.1. The molecule has 1 amide bonds. The van der Waals surface area contributed by atoms with Crippen LogP contribution in [0.4, 0.5) is 5.82 Å². The Kier molecular flexibility index (Phi) is 5.25. The third kappa shape index (κ3) is 3.90. The van der Waals surface area contributed by atoms with E-state index in [0.29, 0.717) is 12.5 Å². The summed E-state index contributed by atoms with van der Waals surface area (Å²) in [6.45, 7) is 6.11. The molecule has 2 aliphatic rings. The van der Waals surface area contributed by atoms with Crippen LogP contribution in [0, 0.1) is 18.8 Å². The first-order valence-electron chi connectivity index (χ1n) is 9.93. The second kappa shape index (κ2) is 7.80. The van der Waals surface area contributed by atoms with Crippen LogP contribution in [0.1, 0.15) is 25.0 Å². The zero-order valence-corrected chi connectivity index (χ0v) is 16.2. The first-order valence-corrected chi connectivity index (χ1v) is 9.93. The van der Waals surface area contributed by atoms with Crippen LogP contribution in [0.5, 0.6) is 0 Å². The van der Waals surface area contributed by atoms with Gasteiger partial charge in [0, 0.05) is 33.3 Å². The van der Waals surface area contributed by atoms with Crippen LogP contribution in [-0.2, 0) is 9.53 Å². The number of hydrogen-bond donors (Lipinski definition) is 0. The van der Waals surface area contributed by atoms with Gasteiger partial charge >= 0.3 is 0 Å². The zero-order chi connectivity index (χ0) is 18.8. The zero-order valence-electron chi connectivity index (χ0n) is 16.2. The van der Waals surface area contributed by atoms with Crippen LogP contribution < -0.4 is 4.90 Å². The molecule has 0 spiro atoms. The maximum Gasteiger partial charge on any atom is 0.227 e. The molecular weight excluding hydrogens is 340 g/mol. The van der Waals surface area contributed by atoms with Gasteiger partial charge < -0.3 is 14.5 Å². The van der Waals surface area contributed by atoms with Gasteiger partial charge in [-0.15, -0.1) is 0 Å². The summed E-state index contributed by atoms with van der Waals surface area (Å²) in [5, 5.41) is 0. The number of para-hydroxylation sites is 2. The molecule has 2 aromatic rings. The van der Waals surface area contributed by atoms with Crippen molar-refractivity contribution in [1.82, 2.24) is 14.9 Å². The monoisotopic (exact) mass is 368 g/mol. The summed E-state index contributed by atoms with van der Waals surface area (Å²) < 4.78 is 5.36. The van der Waals surface area contributed by atoms with Crippen molar-refractivity contribution in [2.75, 3.05) is 44.8 Å². The highest BCUT2D eigenvalue weighted by Crippen LogP contribution is 2.26. The molecule has 2 fully saturated rings. The fourth-order valence-corrected chi connectivity index (χ4v) is 4.22. The van der Waals surface area contributed by atoms with Crippen molar-refractivity contribution >= 4 is 22.8 Å². The van der Waals surface area contributed by atoms with Crippen LogP contribution in [0.25, 0.3) is 11.0 Å². The van der Waals surface area contributed by atoms with Crippen LogP contribution in [0.3, 0.4) is 0 Å². The summed E-state index contributed by atoms with van der Waals surface area (Å²) in [6.07, 6.45) is 3.01. The molecular formula is C21H28N4O2. The number of ether oxygens (including phenoxy) is 1.